The number of nitriles is 1. The van der Waals surface area contributed by atoms with Crippen LogP contribution in [0, 0.1) is 25.2 Å². The zero-order valence-corrected chi connectivity index (χ0v) is 13.0. The SMILES string of the molecule is Cc1cc(Sc2ncn(-c3ccccc3)n2)c(C#N)c(C)n1. The van der Waals surface area contributed by atoms with Crippen LogP contribution in [0.2, 0.25) is 0 Å². The molecule has 0 aliphatic rings. The van der Waals surface area contributed by atoms with Gasteiger partial charge in [0.2, 0.25) is 5.16 Å². The van der Waals surface area contributed by atoms with E-state index in [0.717, 1.165) is 22.0 Å². The fraction of sp³-hybridized carbons (Fsp3) is 0.125. The normalized spacial score (nSPS) is 10.4. The Morgan fingerprint density at radius 3 is 2.68 bits per heavy atom. The molecule has 2 heterocycles. The van der Waals surface area contributed by atoms with Gasteiger partial charge in [0.05, 0.1) is 16.9 Å². The molecular weight excluding hydrogens is 294 g/mol. The van der Waals surface area contributed by atoms with Crippen LogP contribution in [0.4, 0.5) is 0 Å². The highest BCUT2D eigenvalue weighted by molar-refractivity contribution is 7.99. The molecule has 1 aromatic carbocycles. The molecule has 0 aliphatic carbocycles. The molecule has 0 N–H and O–H groups in total. The fourth-order valence-electron chi connectivity index (χ4n) is 2.11. The summed E-state index contributed by atoms with van der Waals surface area (Å²) < 4.78 is 1.72. The van der Waals surface area contributed by atoms with E-state index in [4.69, 9.17) is 0 Å². The van der Waals surface area contributed by atoms with Crippen LogP contribution in [0.1, 0.15) is 17.0 Å². The molecule has 0 saturated heterocycles. The molecule has 0 unspecified atom stereocenters. The number of hydrogen-bond acceptors (Lipinski definition) is 5. The molecule has 6 heteroatoms. The predicted octanol–water partition coefficient (Wildman–Crippen LogP) is 3.30. The molecule has 0 amide bonds. The molecule has 3 rings (SSSR count). The summed E-state index contributed by atoms with van der Waals surface area (Å²) in [5.74, 6) is 0. The number of hydrogen-bond donors (Lipinski definition) is 0. The Hall–Kier alpha value is -2.65. The first-order valence-electron chi connectivity index (χ1n) is 6.70. The maximum Gasteiger partial charge on any atom is 0.213 e. The molecule has 5 nitrogen and oxygen atoms in total. The minimum Gasteiger partial charge on any atom is -0.257 e. The lowest BCUT2D eigenvalue weighted by Crippen LogP contribution is -1.95. The highest BCUT2D eigenvalue weighted by Gasteiger charge is 2.12. The van der Waals surface area contributed by atoms with Gasteiger partial charge in [0.15, 0.2) is 0 Å². The highest BCUT2D eigenvalue weighted by atomic mass is 32.2. The van der Waals surface area contributed by atoms with Gasteiger partial charge in [0.25, 0.3) is 0 Å². The van der Waals surface area contributed by atoms with Gasteiger partial charge in [-0.05, 0) is 43.8 Å². The zero-order chi connectivity index (χ0) is 15.5. The van der Waals surface area contributed by atoms with Gasteiger partial charge in [-0.1, -0.05) is 18.2 Å². The van der Waals surface area contributed by atoms with E-state index in [2.05, 4.69) is 21.1 Å². The Balaban J connectivity index is 1.92. The fourth-order valence-corrected chi connectivity index (χ4v) is 3.06. The number of nitrogens with zero attached hydrogens (tertiary/aromatic N) is 5. The van der Waals surface area contributed by atoms with E-state index in [-0.39, 0.29) is 0 Å². The quantitative estimate of drug-likeness (QED) is 0.742. The molecule has 0 atom stereocenters. The monoisotopic (exact) mass is 307 g/mol. The van der Waals surface area contributed by atoms with E-state index in [1.807, 2.05) is 50.2 Å². The Morgan fingerprint density at radius 1 is 1.18 bits per heavy atom. The van der Waals surface area contributed by atoms with Crippen molar-refractivity contribution >= 4 is 11.8 Å². The molecule has 0 bridgehead atoms. The van der Waals surface area contributed by atoms with Crippen molar-refractivity contribution in [3.8, 4) is 11.8 Å². The maximum absolute atomic E-state index is 9.30. The number of rotatable bonds is 3. The number of aryl methyl sites for hydroxylation is 2. The minimum atomic E-state index is 0.576. The zero-order valence-electron chi connectivity index (χ0n) is 12.2. The van der Waals surface area contributed by atoms with Gasteiger partial charge in [-0.15, -0.1) is 5.10 Å². The van der Waals surface area contributed by atoms with Crippen molar-refractivity contribution in [2.45, 2.75) is 23.9 Å². The molecule has 0 spiro atoms. The van der Waals surface area contributed by atoms with Crippen molar-refractivity contribution in [1.29, 1.82) is 5.26 Å². The molecule has 0 saturated carbocycles. The Bertz CT molecular complexity index is 849. The van der Waals surface area contributed by atoms with Gasteiger partial charge in [-0.25, -0.2) is 9.67 Å². The molecule has 0 radical (unpaired) electrons. The lowest BCUT2D eigenvalue weighted by molar-refractivity contribution is 0.834. The number of pyridine rings is 1. The van der Waals surface area contributed by atoms with Crippen molar-refractivity contribution in [3.63, 3.8) is 0 Å². The van der Waals surface area contributed by atoms with E-state index in [1.54, 1.807) is 11.0 Å². The smallest absolute Gasteiger partial charge is 0.213 e. The van der Waals surface area contributed by atoms with Crippen LogP contribution in [0.15, 0.2) is 52.8 Å². The molecule has 0 fully saturated rings. The number of benzene rings is 1. The summed E-state index contributed by atoms with van der Waals surface area (Å²) in [4.78, 5) is 9.46. The summed E-state index contributed by atoms with van der Waals surface area (Å²) in [5.41, 5.74) is 3.13. The van der Waals surface area contributed by atoms with E-state index >= 15 is 0 Å². The summed E-state index contributed by atoms with van der Waals surface area (Å²) >= 11 is 1.38. The second-order valence-electron chi connectivity index (χ2n) is 4.74. The van der Waals surface area contributed by atoms with Crippen molar-refractivity contribution < 1.29 is 0 Å². The molecule has 2 aromatic heterocycles. The van der Waals surface area contributed by atoms with E-state index in [9.17, 15) is 5.26 Å². The Labute approximate surface area is 132 Å². The Kier molecular flexibility index (Phi) is 3.90. The summed E-state index contributed by atoms with van der Waals surface area (Å²) in [6.45, 7) is 3.75. The molecule has 0 aliphatic heterocycles. The molecule has 22 heavy (non-hydrogen) atoms. The third-order valence-corrected chi connectivity index (χ3v) is 4.01. The van der Waals surface area contributed by atoms with Crippen molar-refractivity contribution in [2.24, 2.45) is 0 Å². The second kappa shape index (κ2) is 6.00. The summed E-state index contributed by atoms with van der Waals surface area (Å²) in [6.07, 6.45) is 1.67. The van der Waals surface area contributed by atoms with Crippen molar-refractivity contribution in [2.75, 3.05) is 0 Å². The van der Waals surface area contributed by atoms with Crippen LogP contribution in [0.25, 0.3) is 5.69 Å². The standard InChI is InChI=1S/C16H13N5S/c1-11-8-15(14(9-17)12(2)19-11)22-16-18-10-21(20-16)13-6-4-3-5-7-13/h3-8,10H,1-2H3. The van der Waals surface area contributed by atoms with Gasteiger partial charge in [0, 0.05) is 10.6 Å². The van der Waals surface area contributed by atoms with Gasteiger partial charge in [-0.2, -0.15) is 5.26 Å². The van der Waals surface area contributed by atoms with Gasteiger partial charge in [-0.3, -0.25) is 4.98 Å². The number of para-hydroxylation sites is 1. The first kappa shape index (κ1) is 14.3. The van der Waals surface area contributed by atoms with Crippen LogP contribution in [0.3, 0.4) is 0 Å². The van der Waals surface area contributed by atoms with E-state index in [1.165, 1.54) is 11.8 Å². The topological polar surface area (TPSA) is 67.4 Å². The molecule has 3 aromatic rings. The second-order valence-corrected chi connectivity index (χ2v) is 5.75. The highest BCUT2D eigenvalue weighted by Crippen LogP contribution is 2.29. The lowest BCUT2D eigenvalue weighted by Gasteiger charge is -2.05. The Morgan fingerprint density at radius 2 is 1.95 bits per heavy atom. The summed E-state index contributed by atoms with van der Waals surface area (Å²) in [7, 11) is 0. The largest absolute Gasteiger partial charge is 0.257 e. The summed E-state index contributed by atoms with van der Waals surface area (Å²) in [6, 6.07) is 13.9. The average molecular weight is 307 g/mol. The van der Waals surface area contributed by atoms with Crippen molar-refractivity contribution in [3.05, 3.63) is 59.7 Å². The lowest BCUT2D eigenvalue weighted by atomic mass is 10.2. The molecule has 108 valence electrons. The summed E-state index contributed by atoms with van der Waals surface area (Å²) in [5, 5.41) is 14.4. The minimum absolute atomic E-state index is 0.576. The third-order valence-electron chi connectivity index (χ3n) is 3.10. The maximum atomic E-state index is 9.30. The third kappa shape index (κ3) is 2.85. The van der Waals surface area contributed by atoms with Crippen molar-refractivity contribution in [1.82, 2.24) is 19.7 Å². The predicted molar refractivity (Wildman–Crippen MR) is 83.9 cm³/mol. The van der Waals surface area contributed by atoms with Crippen LogP contribution < -0.4 is 0 Å². The first-order valence-corrected chi connectivity index (χ1v) is 7.52. The van der Waals surface area contributed by atoms with Gasteiger partial charge >= 0.3 is 0 Å². The number of aromatic nitrogens is 4. The first-order chi connectivity index (χ1) is 10.7. The van der Waals surface area contributed by atoms with Crippen LogP contribution in [0.5, 0.6) is 0 Å². The molecular formula is C16H13N5S. The van der Waals surface area contributed by atoms with E-state index < -0.39 is 0 Å². The average Bonchev–Trinajstić information content (AvgIpc) is 2.96. The van der Waals surface area contributed by atoms with Crippen LogP contribution in [-0.4, -0.2) is 19.7 Å². The van der Waals surface area contributed by atoms with Gasteiger partial charge in [0.1, 0.15) is 12.4 Å². The van der Waals surface area contributed by atoms with E-state index in [0.29, 0.717) is 10.7 Å². The van der Waals surface area contributed by atoms with Crippen LogP contribution >= 0.6 is 11.8 Å². The van der Waals surface area contributed by atoms with Gasteiger partial charge < -0.3 is 0 Å². The van der Waals surface area contributed by atoms with Crippen LogP contribution in [-0.2, 0) is 0 Å².